The number of nitrogens with zero attached hydrogens (tertiary/aromatic N) is 3. The van der Waals surface area contributed by atoms with Gasteiger partial charge in [-0.05, 0) is 36.8 Å². The SMILES string of the molecule is Cc1cc(C(F)(F)F)ccc1-c1cc(C(F)(F)F)cc2ncnn12. The zero-order valence-electron chi connectivity index (χ0n) is 12.1. The summed E-state index contributed by atoms with van der Waals surface area (Å²) >= 11 is 0. The molecule has 3 aromatic rings. The molecule has 0 unspecified atom stereocenters. The van der Waals surface area contributed by atoms with E-state index in [0.29, 0.717) is 0 Å². The van der Waals surface area contributed by atoms with Crippen molar-refractivity contribution in [2.45, 2.75) is 19.3 Å². The molecule has 0 bridgehead atoms. The molecule has 0 aliphatic heterocycles. The number of halogens is 6. The number of aryl methyl sites for hydroxylation is 1. The molecule has 2 heterocycles. The molecule has 0 spiro atoms. The molecule has 24 heavy (non-hydrogen) atoms. The van der Waals surface area contributed by atoms with Crippen LogP contribution in [0.15, 0.2) is 36.7 Å². The van der Waals surface area contributed by atoms with E-state index < -0.39 is 23.5 Å². The minimum atomic E-state index is -4.61. The maximum atomic E-state index is 13.0. The minimum absolute atomic E-state index is 0.0172. The molecule has 3 rings (SSSR count). The molecule has 0 radical (unpaired) electrons. The Hall–Kier alpha value is -2.58. The van der Waals surface area contributed by atoms with Crippen molar-refractivity contribution in [3.63, 3.8) is 0 Å². The predicted octanol–water partition coefficient (Wildman–Crippen LogP) is 4.74. The molecule has 1 aromatic carbocycles. The van der Waals surface area contributed by atoms with Crippen LogP contribution in [0.5, 0.6) is 0 Å². The summed E-state index contributed by atoms with van der Waals surface area (Å²) < 4.78 is 78.5. The summed E-state index contributed by atoms with van der Waals surface area (Å²) in [5.41, 5.74) is -1.45. The highest BCUT2D eigenvalue weighted by molar-refractivity contribution is 5.68. The van der Waals surface area contributed by atoms with E-state index >= 15 is 0 Å². The fraction of sp³-hybridized carbons (Fsp3) is 0.200. The highest BCUT2D eigenvalue weighted by atomic mass is 19.4. The lowest BCUT2D eigenvalue weighted by Gasteiger charge is -2.14. The molecule has 3 nitrogen and oxygen atoms in total. The lowest BCUT2D eigenvalue weighted by molar-refractivity contribution is -0.138. The third kappa shape index (κ3) is 2.81. The summed E-state index contributed by atoms with van der Waals surface area (Å²) in [5, 5.41) is 3.85. The van der Waals surface area contributed by atoms with Crippen molar-refractivity contribution in [3.05, 3.63) is 53.3 Å². The van der Waals surface area contributed by atoms with E-state index in [4.69, 9.17) is 0 Å². The highest BCUT2D eigenvalue weighted by Crippen LogP contribution is 2.36. The zero-order chi connectivity index (χ0) is 17.7. The first-order chi connectivity index (χ1) is 11.1. The lowest BCUT2D eigenvalue weighted by atomic mass is 10.0. The van der Waals surface area contributed by atoms with Crippen LogP contribution >= 0.6 is 0 Å². The van der Waals surface area contributed by atoms with E-state index in [1.54, 1.807) is 0 Å². The van der Waals surface area contributed by atoms with Crippen LogP contribution in [-0.4, -0.2) is 14.6 Å². The Morgan fingerprint density at radius 2 is 1.54 bits per heavy atom. The Balaban J connectivity index is 2.24. The van der Waals surface area contributed by atoms with Gasteiger partial charge in [0.2, 0.25) is 0 Å². The first kappa shape index (κ1) is 16.3. The molecular formula is C15H9F6N3. The number of benzene rings is 1. The molecular weight excluding hydrogens is 336 g/mol. The van der Waals surface area contributed by atoms with E-state index in [-0.39, 0.29) is 22.5 Å². The number of aromatic nitrogens is 3. The molecule has 0 fully saturated rings. The summed E-state index contributed by atoms with van der Waals surface area (Å²) in [6.07, 6.45) is -8.06. The highest BCUT2D eigenvalue weighted by Gasteiger charge is 2.33. The zero-order valence-corrected chi connectivity index (χ0v) is 12.1. The van der Waals surface area contributed by atoms with E-state index in [1.807, 2.05) is 0 Å². The van der Waals surface area contributed by atoms with Gasteiger partial charge in [-0.3, -0.25) is 0 Å². The summed E-state index contributed by atoms with van der Waals surface area (Å²) in [4.78, 5) is 3.74. The Morgan fingerprint density at radius 1 is 0.875 bits per heavy atom. The van der Waals surface area contributed by atoms with Crippen molar-refractivity contribution in [2.75, 3.05) is 0 Å². The predicted molar refractivity (Wildman–Crippen MR) is 73.2 cm³/mol. The van der Waals surface area contributed by atoms with Crippen molar-refractivity contribution in [1.29, 1.82) is 0 Å². The quantitative estimate of drug-likeness (QED) is 0.596. The maximum absolute atomic E-state index is 13.0. The van der Waals surface area contributed by atoms with Gasteiger partial charge in [0.15, 0.2) is 5.65 Å². The third-order valence-corrected chi connectivity index (χ3v) is 3.54. The molecule has 0 saturated carbocycles. The second-order valence-corrected chi connectivity index (χ2v) is 5.18. The van der Waals surface area contributed by atoms with Crippen LogP contribution in [0, 0.1) is 6.92 Å². The number of rotatable bonds is 1. The minimum Gasteiger partial charge on any atom is -0.215 e. The van der Waals surface area contributed by atoms with E-state index in [1.165, 1.54) is 6.92 Å². The van der Waals surface area contributed by atoms with Gasteiger partial charge in [0.25, 0.3) is 0 Å². The van der Waals surface area contributed by atoms with Gasteiger partial charge in [0.1, 0.15) is 6.33 Å². The summed E-state index contributed by atoms with van der Waals surface area (Å²) in [5.74, 6) is 0. The summed E-state index contributed by atoms with van der Waals surface area (Å²) in [7, 11) is 0. The van der Waals surface area contributed by atoms with Crippen molar-refractivity contribution >= 4 is 5.65 Å². The van der Waals surface area contributed by atoms with Crippen LogP contribution in [0.2, 0.25) is 0 Å². The smallest absolute Gasteiger partial charge is 0.215 e. The van der Waals surface area contributed by atoms with Gasteiger partial charge < -0.3 is 0 Å². The van der Waals surface area contributed by atoms with E-state index in [0.717, 1.165) is 41.2 Å². The van der Waals surface area contributed by atoms with Gasteiger partial charge >= 0.3 is 12.4 Å². The number of hydrogen-bond acceptors (Lipinski definition) is 2. The second kappa shape index (κ2) is 5.22. The Morgan fingerprint density at radius 3 is 2.12 bits per heavy atom. The van der Waals surface area contributed by atoms with E-state index in [2.05, 4.69) is 10.1 Å². The van der Waals surface area contributed by atoms with Crippen molar-refractivity contribution in [1.82, 2.24) is 14.6 Å². The lowest BCUT2D eigenvalue weighted by Crippen LogP contribution is -2.09. The van der Waals surface area contributed by atoms with E-state index in [9.17, 15) is 26.3 Å². The topological polar surface area (TPSA) is 30.2 Å². The molecule has 0 N–H and O–H groups in total. The van der Waals surface area contributed by atoms with Crippen LogP contribution in [0.25, 0.3) is 16.9 Å². The largest absolute Gasteiger partial charge is 0.416 e. The first-order valence-electron chi connectivity index (χ1n) is 6.66. The monoisotopic (exact) mass is 345 g/mol. The number of hydrogen-bond donors (Lipinski definition) is 0. The average Bonchev–Trinajstić information content (AvgIpc) is 2.92. The van der Waals surface area contributed by atoms with Gasteiger partial charge in [-0.2, -0.15) is 31.4 Å². The Labute approximate surface area is 131 Å². The van der Waals surface area contributed by atoms with Crippen molar-refractivity contribution in [3.8, 4) is 11.3 Å². The van der Waals surface area contributed by atoms with Gasteiger partial charge in [0.05, 0.1) is 16.8 Å². The van der Waals surface area contributed by atoms with Gasteiger partial charge in [-0.1, -0.05) is 6.07 Å². The van der Waals surface area contributed by atoms with Crippen LogP contribution < -0.4 is 0 Å². The first-order valence-corrected chi connectivity index (χ1v) is 6.66. The third-order valence-electron chi connectivity index (χ3n) is 3.54. The number of fused-ring (bicyclic) bond motifs is 1. The molecule has 9 heteroatoms. The van der Waals surface area contributed by atoms with Crippen molar-refractivity contribution in [2.24, 2.45) is 0 Å². The molecule has 0 saturated heterocycles. The normalized spacial score (nSPS) is 12.8. The van der Waals surface area contributed by atoms with Crippen LogP contribution in [0.3, 0.4) is 0 Å². The van der Waals surface area contributed by atoms with Gasteiger partial charge in [0, 0.05) is 5.56 Å². The molecule has 2 aromatic heterocycles. The molecule has 0 amide bonds. The Kier molecular flexibility index (Phi) is 3.54. The molecule has 0 atom stereocenters. The van der Waals surface area contributed by atoms with Gasteiger partial charge in [-0.25, -0.2) is 9.50 Å². The fourth-order valence-electron chi connectivity index (χ4n) is 2.41. The van der Waals surface area contributed by atoms with Crippen LogP contribution in [0.1, 0.15) is 16.7 Å². The van der Waals surface area contributed by atoms with Crippen LogP contribution in [0.4, 0.5) is 26.3 Å². The molecule has 126 valence electrons. The maximum Gasteiger partial charge on any atom is 0.416 e. The number of pyridine rings is 1. The fourth-order valence-corrected chi connectivity index (χ4v) is 2.41. The average molecular weight is 345 g/mol. The number of alkyl halides is 6. The second-order valence-electron chi connectivity index (χ2n) is 5.18. The molecule has 0 aliphatic rings. The summed E-state index contributed by atoms with van der Waals surface area (Å²) in [6.45, 7) is 1.40. The van der Waals surface area contributed by atoms with Gasteiger partial charge in [-0.15, -0.1) is 0 Å². The summed E-state index contributed by atoms with van der Waals surface area (Å²) in [6, 6.07) is 4.52. The van der Waals surface area contributed by atoms with Crippen molar-refractivity contribution < 1.29 is 26.3 Å². The Bertz CT molecular complexity index is 908. The van der Waals surface area contributed by atoms with Crippen LogP contribution in [-0.2, 0) is 12.4 Å². The molecule has 0 aliphatic carbocycles. The standard InChI is InChI=1S/C15H9F6N3/c1-8-4-9(14(16,17)18)2-3-11(8)12-5-10(15(19,20)21)6-13-22-7-23-24(12)13/h2-7H,1H3.